The van der Waals surface area contributed by atoms with Crippen molar-refractivity contribution in [3.8, 4) is 5.75 Å². The summed E-state index contributed by atoms with van der Waals surface area (Å²) in [5, 5.41) is 7.53. The van der Waals surface area contributed by atoms with Crippen LogP contribution >= 0.6 is 0 Å². The number of nitrogens with two attached hydrogens (primary N) is 1. The number of hydrogen-bond acceptors (Lipinski definition) is 3. The van der Waals surface area contributed by atoms with E-state index in [1.54, 1.807) is 0 Å². The fourth-order valence-corrected chi connectivity index (χ4v) is 1.49. The van der Waals surface area contributed by atoms with Crippen molar-refractivity contribution < 1.29 is 4.74 Å². The molecule has 0 radical (unpaired) electrons. The SMILES string of the molecule is Cc1cc(OCC(C)C)c(C(=N)N)c(C)n1. The van der Waals surface area contributed by atoms with Gasteiger partial charge in [0, 0.05) is 11.8 Å². The van der Waals surface area contributed by atoms with Gasteiger partial charge in [-0.25, -0.2) is 0 Å². The van der Waals surface area contributed by atoms with Crippen molar-refractivity contribution in [1.29, 1.82) is 5.41 Å². The molecule has 0 saturated heterocycles. The Morgan fingerprint density at radius 3 is 2.62 bits per heavy atom. The summed E-state index contributed by atoms with van der Waals surface area (Å²) in [5.41, 5.74) is 7.76. The zero-order valence-corrected chi connectivity index (χ0v) is 10.3. The number of rotatable bonds is 4. The number of nitrogens with one attached hydrogen (secondary N) is 1. The van der Waals surface area contributed by atoms with Crippen molar-refractivity contribution in [3.05, 3.63) is 23.0 Å². The molecule has 0 aliphatic heterocycles. The van der Waals surface area contributed by atoms with Crippen molar-refractivity contribution in [3.63, 3.8) is 0 Å². The van der Waals surface area contributed by atoms with E-state index < -0.39 is 0 Å². The van der Waals surface area contributed by atoms with Crippen LogP contribution in [0.2, 0.25) is 0 Å². The average molecular weight is 221 g/mol. The molecule has 88 valence electrons. The van der Waals surface area contributed by atoms with Gasteiger partial charge in [-0.05, 0) is 19.8 Å². The molecule has 0 aliphatic rings. The monoisotopic (exact) mass is 221 g/mol. The minimum Gasteiger partial charge on any atom is -0.492 e. The van der Waals surface area contributed by atoms with Crippen molar-refractivity contribution in [2.75, 3.05) is 6.61 Å². The summed E-state index contributed by atoms with van der Waals surface area (Å²) >= 11 is 0. The Morgan fingerprint density at radius 1 is 1.50 bits per heavy atom. The molecule has 1 aromatic heterocycles. The lowest BCUT2D eigenvalue weighted by molar-refractivity contribution is 0.270. The van der Waals surface area contributed by atoms with E-state index in [0.29, 0.717) is 23.8 Å². The first kappa shape index (κ1) is 12.5. The first-order chi connectivity index (χ1) is 7.41. The Hall–Kier alpha value is -1.58. The Morgan fingerprint density at radius 2 is 2.12 bits per heavy atom. The molecule has 16 heavy (non-hydrogen) atoms. The molecule has 0 fully saturated rings. The lowest BCUT2D eigenvalue weighted by Crippen LogP contribution is -2.17. The second kappa shape index (κ2) is 4.96. The molecule has 4 heteroatoms. The third-order valence-electron chi connectivity index (χ3n) is 2.13. The molecular formula is C12H19N3O. The molecule has 0 unspecified atom stereocenters. The van der Waals surface area contributed by atoms with E-state index >= 15 is 0 Å². The maximum atomic E-state index is 7.53. The van der Waals surface area contributed by atoms with Gasteiger partial charge in [0.15, 0.2) is 0 Å². The highest BCUT2D eigenvalue weighted by Gasteiger charge is 2.12. The molecule has 0 aromatic carbocycles. The van der Waals surface area contributed by atoms with Crippen molar-refractivity contribution in [2.24, 2.45) is 11.7 Å². The van der Waals surface area contributed by atoms with E-state index in [1.807, 2.05) is 19.9 Å². The summed E-state index contributed by atoms with van der Waals surface area (Å²) in [7, 11) is 0. The molecule has 0 atom stereocenters. The van der Waals surface area contributed by atoms with Gasteiger partial charge in [-0.3, -0.25) is 10.4 Å². The Bertz CT molecular complexity index is 399. The number of pyridine rings is 1. The summed E-state index contributed by atoms with van der Waals surface area (Å²) in [5.74, 6) is 1.10. The van der Waals surface area contributed by atoms with Crippen molar-refractivity contribution in [2.45, 2.75) is 27.7 Å². The molecule has 0 saturated carbocycles. The Balaban J connectivity index is 3.09. The molecule has 0 aliphatic carbocycles. The van der Waals surface area contributed by atoms with E-state index in [4.69, 9.17) is 15.9 Å². The summed E-state index contributed by atoms with van der Waals surface area (Å²) in [6.07, 6.45) is 0. The summed E-state index contributed by atoms with van der Waals surface area (Å²) in [4.78, 5) is 4.28. The smallest absolute Gasteiger partial charge is 0.133 e. The Labute approximate surface area is 96.3 Å². The van der Waals surface area contributed by atoms with Crippen molar-refractivity contribution in [1.82, 2.24) is 4.98 Å². The normalized spacial score (nSPS) is 10.6. The maximum absolute atomic E-state index is 7.53. The molecule has 0 bridgehead atoms. The van der Waals surface area contributed by atoms with Gasteiger partial charge in [0.1, 0.15) is 11.6 Å². The first-order valence-corrected chi connectivity index (χ1v) is 5.37. The molecule has 4 nitrogen and oxygen atoms in total. The second-order valence-corrected chi connectivity index (χ2v) is 4.34. The van der Waals surface area contributed by atoms with E-state index in [9.17, 15) is 0 Å². The van der Waals surface area contributed by atoms with Crippen LogP contribution in [-0.4, -0.2) is 17.4 Å². The second-order valence-electron chi connectivity index (χ2n) is 4.34. The van der Waals surface area contributed by atoms with E-state index in [0.717, 1.165) is 11.4 Å². The number of nitrogens with zero attached hydrogens (tertiary/aromatic N) is 1. The number of amidine groups is 1. The van der Waals surface area contributed by atoms with Crippen LogP contribution in [0.4, 0.5) is 0 Å². The van der Waals surface area contributed by atoms with Crippen LogP contribution in [0.25, 0.3) is 0 Å². The van der Waals surface area contributed by atoms with Gasteiger partial charge >= 0.3 is 0 Å². The van der Waals surface area contributed by atoms with Crippen LogP contribution in [0.5, 0.6) is 5.75 Å². The highest BCUT2D eigenvalue weighted by atomic mass is 16.5. The van der Waals surface area contributed by atoms with E-state index in [1.165, 1.54) is 0 Å². The zero-order chi connectivity index (χ0) is 12.3. The third-order valence-corrected chi connectivity index (χ3v) is 2.13. The van der Waals surface area contributed by atoms with Gasteiger partial charge in [0.05, 0.1) is 17.9 Å². The molecule has 1 rings (SSSR count). The Kier molecular flexibility index (Phi) is 3.88. The number of aryl methyl sites for hydroxylation is 2. The van der Waals surface area contributed by atoms with E-state index in [2.05, 4.69) is 18.8 Å². The predicted octanol–water partition coefficient (Wildman–Crippen LogP) is 2.02. The fourth-order valence-electron chi connectivity index (χ4n) is 1.49. The predicted molar refractivity (Wildman–Crippen MR) is 65.1 cm³/mol. The first-order valence-electron chi connectivity index (χ1n) is 5.37. The van der Waals surface area contributed by atoms with Crippen LogP contribution in [0.15, 0.2) is 6.07 Å². The summed E-state index contributed by atoms with van der Waals surface area (Å²) < 4.78 is 5.66. The number of ether oxygens (including phenoxy) is 1. The highest BCUT2D eigenvalue weighted by molar-refractivity contribution is 5.98. The summed E-state index contributed by atoms with van der Waals surface area (Å²) in [6.45, 7) is 8.51. The van der Waals surface area contributed by atoms with Gasteiger partial charge in [-0.1, -0.05) is 13.8 Å². The molecule has 0 amide bonds. The minimum absolute atomic E-state index is 0.00348. The number of aromatic nitrogens is 1. The van der Waals surface area contributed by atoms with Crippen LogP contribution in [0, 0.1) is 25.2 Å². The van der Waals surface area contributed by atoms with Crippen LogP contribution in [0.3, 0.4) is 0 Å². The van der Waals surface area contributed by atoms with Gasteiger partial charge in [-0.2, -0.15) is 0 Å². The maximum Gasteiger partial charge on any atom is 0.133 e. The molecule has 3 N–H and O–H groups in total. The minimum atomic E-state index is 0.00348. The topological polar surface area (TPSA) is 72.0 Å². The molecular weight excluding hydrogens is 202 g/mol. The standard InChI is InChI=1S/C12H19N3O/c1-7(2)6-16-10-5-8(3)15-9(4)11(10)12(13)14/h5,7H,6H2,1-4H3,(H3,13,14). The van der Waals surface area contributed by atoms with Gasteiger partial charge in [0.2, 0.25) is 0 Å². The molecule has 0 spiro atoms. The molecule has 1 heterocycles. The number of hydrogen-bond donors (Lipinski definition) is 2. The van der Waals surface area contributed by atoms with Crippen LogP contribution in [-0.2, 0) is 0 Å². The third kappa shape index (κ3) is 2.95. The van der Waals surface area contributed by atoms with Crippen LogP contribution in [0.1, 0.15) is 30.8 Å². The zero-order valence-electron chi connectivity index (χ0n) is 10.3. The molecule has 1 aromatic rings. The highest BCUT2D eigenvalue weighted by Crippen LogP contribution is 2.22. The lowest BCUT2D eigenvalue weighted by atomic mass is 10.1. The lowest BCUT2D eigenvalue weighted by Gasteiger charge is -2.14. The van der Waals surface area contributed by atoms with Gasteiger partial charge < -0.3 is 10.5 Å². The van der Waals surface area contributed by atoms with Crippen LogP contribution < -0.4 is 10.5 Å². The van der Waals surface area contributed by atoms with Crippen molar-refractivity contribution >= 4 is 5.84 Å². The largest absolute Gasteiger partial charge is 0.492 e. The quantitative estimate of drug-likeness (QED) is 0.603. The number of nitrogen functional groups attached to an aromatic ring is 1. The summed E-state index contributed by atoms with van der Waals surface area (Å²) in [6, 6.07) is 1.83. The van der Waals surface area contributed by atoms with Gasteiger partial charge in [-0.15, -0.1) is 0 Å². The fraction of sp³-hybridized carbons (Fsp3) is 0.500. The van der Waals surface area contributed by atoms with E-state index in [-0.39, 0.29) is 5.84 Å². The average Bonchev–Trinajstić information content (AvgIpc) is 2.12. The van der Waals surface area contributed by atoms with Gasteiger partial charge in [0.25, 0.3) is 0 Å².